The summed E-state index contributed by atoms with van der Waals surface area (Å²) in [6.07, 6.45) is 3.56. The second-order valence-corrected chi connectivity index (χ2v) is 9.54. The maximum atomic E-state index is 13.5. The van der Waals surface area contributed by atoms with Gasteiger partial charge < -0.3 is 10.1 Å². The number of hydrogen-bond donors (Lipinski definition) is 1. The summed E-state index contributed by atoms with van der Waals surface area (Å²) >= 11 is 1.66. The third-order valence-electron chi connectivity index (χ3n) is 6.19. The summed E-state index contributed by atoms with van der Waals surface area (Å²) in [7, 11) is 0. The normalized spacial score (nSPS) is 14.6. The highest BCUT2D eigenvalue weighted by Gasteiger charge is 2.28. The van der Waals surface area contributed by atoms with Crippen LogP contribution < -0.4 is 5.32 Å². The summed E-state index contributed by atoms with van der Waals surface area (Å²) in [6, 6.07) is 20.3. The Labute approximate surface area is 212 Å². The Morgan fingerprint density at radius 2 is 1.92 bits per heavy atom. The van der Waals surface area contributed by atoms with Crippen LogP contribution in [0.15, 0.2) is 66.0 Å². The average Bonchev–Trinajstić information content (AvgIpc) is 3.41. The fourth-order valence-corrected chi connectivity index (χ4v) is 5.13. The molecule has 2 aromatic heterocycles. The molecule has 1 atom stereocenters. The van der Waals surface area contributed by atoms with Crippen molar-refractivity contribution < 1.29 is 14.3 Å². The first-order chi connectivity index (χ1) is 17.5. The van der Waals surface area contributed by atoms with Gasteiger partial charge in [-0.3, -0.25) is 4.79 Å². The van der Waals surface area contributed by atoms with Gasteiger partial charge in [0.2, 0.25) is 0 Å². The molecule has 1 unspecified atom stereocenters. The zero-order chi connectivity index (χ0) is 25.1. The highest BCUT2D eigenvalue weighted by atomic mass is 32.1. The minimum absolute atomic E-state index is 0.337. The monoisotopic (exact) mass is 493 g/mol. The van der Waals surface area contributed by atoms with Crippen molar-refractivity contribution in [2.75, 3.05) is 5.32 Å². The van der Waals surface area contributed by atoms with E-state index >= 15 is 0 Å². The second-order valence-electron chi connectivity index (χ2n) is 8.56. The standard InChI is InChI=1S/C29H23N3O3S/c1-18(28(33)32-24-13-4-2-8-20(24)17-30)35-29(34)26-22-11-3-5-14-25(22)31-27-19(9-6-12-23(26)27)16-21-10-7-15-36-21/h2-5,7-8,10-11,13-16,18H,6,9,12H2,1H3,(H,32,33)/b19-16+. The van der Waals surface area contributed by atoms with E-state index in [1.165, 1.54) is 6.92 Å². The van der Waals surface area contributed by atoms with Gasteiger partial charge in [0.25, 0.3) is 5.91 Å². The van der Waals surface area contributed by atoms with Crippen molar-refractivity contribution in [1.82, 2.24) is 4.98 Å². The first kappa shape index (κ1) is 23.5. The molecule has 1 aliphatic carbocycles. The Bertz CT molecular complexity index is 1530. The van der Waals surface area contributed by atoms with Gasteiger partial charge >= 0.3 is 5.97 Å². The lowest BCUT2D eigenvalue weighted by Crippen LogP contribution is -2.31. The fraction of sp³-hybridized carbons (Fsp3) is 0.172. The highest BCUT2D eigenvalue weighted by molar-refractivity contribution is 7.10. The number of carbonyl (C=O) groups is 2. The largest absolute Gasteiger partial charge is 0.449 e. The van der Waals surface area contributed by atoms with Crippen LogP contribution in [0, 0.1) is 11.3 Å². The zero-order valence-corrected chi connectivity index (χ0v) is 20.5. The van der Waals surface area contributed by atoms with E-state index in [0.717, 1.165) is 34.5 Å². The van der Waals surface area contributed by atoms with E-state index in [1.54, 1.807) is 35.6 Å². The summed E-state index contributed by atoms with van der Waals surface area (Å²) < 4.78 is 5.68. The van der Waals surface area contributed by atoms with Gasteiger partial charge in [0.1, 0.15) is 6.07 Å². The van der Waals surface area contributed by atoms with Gasteiger partial charge in [-0.25, -0.2) is 9.78 Å². The number of amides is 1. The van der Waals surface area contributed by atoms with Crippen LogP contribution in [0.5, 0.6) is 0 Å². The topological polar surface area (TPSA) is 92.1 Å². The van der Waals surface area contributed by atoms with Crippen LogP contribution in [0.1, 0.15) is 51.8 Å². The Balaban J connectivity index is 1.48. The molecule has 0 aliphatic heterocycles. The van der Waals surface area contributed by atoms with Crippen molar-refractivity contribution in [2.45, 2.75) is 32.3 Å². The number of anilines is 1. The molecule has 1 aliphatic rings. The fourth-order valence-electron chi connectivity index (χ4n) is 4.45. The van der Waals surface area contributed by atoms with Crippen molar-refractivity contribution in [1.29, 1.82) is 5.26 Å². The number of nitrogens with one attached hydrogen (secondary N) is 1. The molecule has 4 aromatic rings. The summed E-state index contributed by atoms with van der Waals surface area (Å²) in [5.74, 6) is -1.06. The average molecular weight is 494 g/mol. The van der Waals surface area contributed by atoms with Crippen LogP contribution in [0.4, 0.5) is 5.69 Å². The Morgan fingerprint density at radius 1 is 1.11 bits per heavy atom. The quantitative estimate of drug-likeness (QED) is 0.333. The number of hydrogen-bond acceptors (Lipinski definition) is 6. The molecular weight excluding hydrogens is 470 g/mol. The van der Waals surface area contributed by atoms with Crippen LogP contribution in [0.25, 0.3) is 22.6 Å². The lowest BCUT2D eigenvalue weighted by atomic mass is 9.86. The summed E-state index contributed by atoms with van der Waals surface area (Å²) in [5, 5.41) is 14.7. The number of benzene rings is 2. The number of fused-ring (bicyclic) bond motifs is 2. The maximum Gasteiger partial charge on any atom is 0.339 e. The first-order valence-electron chi connectivity index (χ1n) is 11.7. The van der Waals surface area contributed by atoms with Gasteiger partial charge in [0, 0.05) is 10.3 Å². The number of esters is 1. The van der Waals surface area contributed by atoms with Crippen LogP contribution >= 0.6 is 11.3 Å². The molecule has 36 heavy (non-hydrogen) atoms. The number of allylic oxidation sites excluding steroid dienone is 1. The lowest BCUT2D eigenvalue weighted by Gasteiger charge is -2.23. The third kappa shape index (κ3) is 4.64. The highest BCUT2D eigenvalue weighted by Crippen LogP contribution is 2.37. The van der Waals surface area contributed by atoms with Gasteiger partial charge in [0.15, 0.2) is 6.10 Å². The minimum atomic E-state index is -1.06. The SMILES string of the molecule is CC(OC(=O)c1c2c(nc3ccccc13)/C(=C/c1cccs1)CCC2)C(=O)Nc1ccccc1C#N. The van der Waals surface area contributed by atoms with Gasteiger partial charge in [-0.1, -0.05) is 36.4 Å². The Kier molecular flexibility index (Phi) is 6.61. The van der Waals surface area contributed by atoms with Crippen molar-refractivity contribution >= 4 is 51.5 Å². The summed E-state index contributed by atoms with van der Waals surface area (Å²) in [6.45, 7) is 1.53. The summed E-state index contributed by atoms with van der Waals surface area (Å²) in [5.41, 5.74) is 4.66. The van der Waals surface area contributed by atoms with Crippen LogP contribution in [0.2, 0.25) is 0 Å². The number of thiophene rings is 1. The van der Waals surface area contributed by atoms with E-state index in [4.69, 9.17) is 9.72 Å². The van der Waals surface area contributed by atoms with E-state index in [-0.39, 0.29) is 0 Å². The van der Waals surface area contributed by atoms with E-state index in [9.17, 15) is 14.9 Å². The van der Waals surface area contributed by atoms with Crippen molar-refractivity contribution in [2.24, 2.45) is 0 Å². The van der Waals surface area contributed by atoms with Gasteiger partial charge in [-0.15, -0.1) is 11.3 Å². The van der Waals surface area contributed by atoms with Crippen LogP contribution in [0.3, 0.4) is 0 Å². The predicted molar refractivity (Wildman–Crippen MR) is 142 cm³/mol. The lowest BCUT2D eigenvalue weighted by molar-refractivity contribution is -0.123. The number of nitriles is 1. The van der Waals surface area contributed by atoms with Crippen molar-refractivity contribution in [3.63, 3.8) is 0 Å². The molecule has 2 heterocycles. The molecule has 0 bridgehead atoms. The molecule has 2 aromatic carbocycles. The molecule has 5 rings (SSSR count). The van der Waals surface area contributed by atoms with Crippen molar-refractivity contribution in [3.05, 3.63) is 93.3 Å². The number of para-hydroxylation sites is 2. The number of nitrogens with zero attached hydrogens (tertiary/aromatic N) is 2. The molecular formula is C29H23N3O3S. The molecule has 0 spiro atoms. The maximum absolute atomic E-state index is 13.5. The molecule has 6 nitrogen and oxygen atoms in total. The molecule has 0 saturated carbocycles. The van der Waals surface area contributed by atoms with Gasteiger partial charge in [-0.2, -0.15) is 5.26 Å². The van der Waals surface area contributed by atoms with Gasteiger partial charge in [0.05, 0.1) is 28.0 Å². The Morgan fingerprint density at radius 3 is 2.72 bits per heavy atom. The van der Waals surface area contributed by atoms with E-state index in [1.807, 2.05) is 41.8 Å². The molecule has 7 heteroatoms. The second kappa shape index (κ2) is 10.1. The zero-order valence-electron chi connectivity index (χ0n) is 19.7. The van der Waals surface area contributed by atoms with Crippen LogP contribution in [-0.4, -0.2) is 23.0 Å². The Hall–Kier alpha value is -4.28. The number of aromatic nitrogens is 1. The number of pyridine rings is 1. The first-order valence-corrected chi connectivity index (χ1v) is 12.6. The summed E-state index contributed by atoms with van der Waals surface area (Å²) in [4.78, 5) is 32.4. The predicted octanol–water partition coefficient (Wildman–Crippen LogP) is 6.23. The van der Waals surface area contributed by atoms with E-state index in [0.29, 0.717) is 34.1 Å². The van der Waals surface area contributed by atoms with Crippen molar-refractivity contribution in [3.8, 4) is 6.07 Å². The number of carbonyl (C=O) groups excluding carboxylic acids is 2. The number of rotatable bonds is 5. The molecule has 178 valence electrons. The third-order valence-corrected chi connectivity index (χ3v) is 7.01. The van der Waals surface area contributed by atoms with E-state index < -0.39 is 18.0 Å². The minimum Gasteiger partial charge on any atom is -0.449 e. The molecule has 0 saturated heterocycles. The smallest absolute Gasteiger partial charge is 0.339 e. The molecule has 1 N–H and O–H groups in total. The molecule has 0 fully saturated rings. The van der Waals surface area contributed by atoms with Gasteiger partial charge in [-0.05, 0) is 73.0 Å². The number of ether oxygens (including phenoxy) is 1. The van der Waals surface area contributed by atoms with E-state index in [2.05, 4.69) is 17.5 Å². The van der Waals surface area contributed by atoms with Crippen LogP contribution in [-0.2, 0) is 16.0 Å². The molecule has 1 amide bonds. The molecule has 0 radical (unpaired) electrons.